The average Bonchev–Trinajstić information content (AvgIpc) is 3.28. The molecular formula is C32H63N3O5. The Hall–Kier alpha value is -0.770. The van der Waals surface area contributed by atoms with Crippen LogP contribution in [0.2, 0.25) is 0 Å². The number of hydrogen-bond acceptors (Lipinski definition) is 7. The number of carbonyl (C=O) groups is 1. The first-order chi connectivity index (χ1) is 19.2. The highest BCUT2D eigenvalue weighted by Crippen LogP contribution is 2.45. The van der Waals surface area contributed by atoms with Crippen molar-refractivity contribution in [2.45, 2.75) is 153 Å². The van der Waals surface area contributed by atoms with Crippen molar-refractivity contribution in [1.29, 1.82) is 0 Å². The fraction of sp³-hybridized carbons (Fsp3) is 0.969. The van der Waals surface area contributed by atoms with Crippen LogP contribution >= 0.6 is 0 Å². The molecule has 1 heterocycles. The van der Waals surface area contributed by atoms with Crippen LogP contribution in [0.25, 0.3) is 0 Å². The number of nitrogens with one attached hydrogen (secondary N) is 2. The summed E-state index contributed by atoms with van der Waals surface area (Å²) in [5.41, 5.74) is 5.22. The number of nitrogens with two attached hydrogens (primary N) is 1. The van der Waals surface area contributed by atoms with Gasteiger partial charge >= 0.3 is 5.97 Å². The molecule has 1 saturated carbocycles. The Morgan fingerprint density at radius 2 is 1.65 bits per heavy atom. The van der Waals surface area contributed by atoms with Gasteiger partial charge in [-0.15, -0.1) is 0 Å². The molecule has 8 N–H and O–H groups in total. The highest BCUT2D eigenvalue weighted by molar-refractivity contribution is 5.70. The van der Waals surface area contributed by atoms with E-state index in [0.717, 1.165) is 77.2 Å². The number of unbranched alkanes of at least 4 members (excludes halogenated alkanes) is 7. The molecule has 1 saturated heterocycles. The maximum absolute atomic E-state index is 12.1. The highest BCUT2D eigenvalue weighted by atomic mass is 16.4. The van der Waals surface area contributed by atoms with E-state index in [1.165, 1.54) is 25.7 Å². The normalized spacial score (nSPS) is 28.3. The van der Waals surface area contributed by atoms with E-state index in [2.05, 4.69) is 17.6 Å². The third-order valence-corrected chi connectivity index (χ3v) is 9.80. The average molecular weight is 570 g/mol. The van der Waals surface area contributed by atoms with E-state index in [1.807, 2.05) is 7.05 Å². The van der Waals surface area contributed by atoms with Gasteiger partial charge in [0, 0.05) is 12.5 Å². The maximum atomic E-state index is 12.1. The largest absolute Gasteiger partial charge is 0.481 e. The van der Waals surface area contributed by atoms with Crippen LogP contribution in [0.3, 0.4) is 0 Å². The summed E-state index contributed by atoms with van der Waals surface area (Å²) in [6.07, 6.45) is 16.5. The number of carboxylic acid groups (broad SMARTS) is 1. The van der Waals surface area contributed by atoms with Crippen molar-refractivity contribution >= 4 is 5.97 Å². The van der Waals surface area contributed by atoms with Gasteiger partial charge in [-0.2, -0.15) is 0 Å². The van der Waals surface area contributed by atoms with Crippen molar-refractivity contribution < 1.29 is 25.2 Å². The minimum Gasteiger partial charge on any atom is -0.481 e. The molecule has 0 radical (unpaired) electrons. The van der Waals surface area contributed by atoms with Crippen molar-refractivity contribution in [3.05, 3.63) is 0 Å². The summed E-state index contributed by atoms with van der Waals surface area (Å²) in [5.74, 6) is -0.908. The number of piperidine rings is 1. The molecule has 8 atom stereocenters. The molecule has 0 aromatic rings. The third kappa shape index (κ3) is 13.0. The molecule has 0 amide bonds. The van der Waals surface area contributed by atoms with Crippen LogP contribution in [-0.4, -0.2) is 70.5 Å². The lowest BCUT2D eigenvalue weighted by atomic mass is 9.77. The van der Waals surface area contributed by atoms with Crippen LogP contribution in [0.15, 0.2) is 0 Å². The molecule has 0 spiro atoms. The van der Waals surface area contributed by atoms with E-state index in [-0.39, 0.29) is 18.2 Å². The quantitative estimate of drug-likeness (QED) is 0.0940. The lowest BCUT2D eigenvalue weighted by Crippen LogP contribution is -2.45. The molecule has 1 aliphatic heterocycles. The lowest BCUT2D eigenvalue weighted by Gasteiger charge is -2.36. The molecule has 0 aromatic heterocycles. The van der Waals surface area contributed by atoms with Crippen molar-refractivity contribution in [1.82, 2.24) is 10.6 Å². The van der Waals surface area contributed by atoms with E-state index in [0.29, 0.717) is 44.1 Å². The van der Waals surface area contributed by atoms with Crippen LogP contribution in [0.5, 0.6) is 0 Å². The Morgan fingerprint density at radius 3 is 2.25 bits per heavy atom. The summed E-state index contributed by atoms with van der Waals surface area (Å²) in [6, 6.07) is 0. The molecular weight excluding hydrogens is 506 g/mol. The van der Waals surface area contributed by atoms with Gasteiger partial charge in [0.05, 0.1) is 29.9 Å². The van der Waals surface area contributed by atoms with E-state index >= 15 is 0 Å². The van der Waals surface area contributed by atoms with Gasteiger partial charge in [0.15, 0.2) is 0 Å². The molecule has 2 fully saturated rings. The molecule has 8 heteroatoms. The van der Waals surface area contributed by atoms with Gasteiger partial charge < -0.3 is 36.8 Å². The summed E-state index contributed by atoms with van der Waals surface area (Å²) in [6.45, 7) is 3.72. The van der Waals surface area contributed by atoms with Crippen LogP contribution < -0.4 is 16.4 Å². The van der Waals surface area contributed by atoms with Gasteiger partial charge in [0.1, 0.15) is 0 Å². The summed E-state index contributed by atoms with van der Waals surface area (Å²) in [5, 5.41) is 49.3. The van der Waals surface area contributed by atoms with Gasteiger partial charge in [-0.3, -0.25) is 4.79 Å². The van der Waals surface area contributed by atoms with Crippen LogP contribution in [0, 0.1) is 23.7 Å². The van der Waals surface area contributed by atoms with Gasteiger partial charge in [-0.05, 0) is 89.6 Å². The van der Waals surface area contributed by atoms with E-state index in [4.69, 9.17) is 5.73 Å². The van der Waals surface area contributed by atoms with Gasteiger partial charge in [0.25, 0.3) is 0 Å². The fourth-order valence-corrected chi connectivity index (χ4v) is 7.35. The number of aliphatic hydroxyl groups is 3. The molecule has 236 valence electrons. The molecule has 2 aliphatic rings. The predicted octanol–water partition coefficient (Wildman–Crippen LogP) is 4.54. The van der Waals surface area contributed by atoms with Crippen molar-refractivity contribution in [3.63, 3.8) is 0 Å². The monoisotopic (exact) mass is 569 g/mol. The number of aliphatic hydroxyl groups excluding tert-OH is 2. The van der Waals surface area contributed by atoms with Crippen LogP contribution in [0.4, 0.5) is 0 Å². The first-order valence-electron chi connectivity index (χ1n) is 16.6. The fourth-order valence-electron chi connectivity index (χ4n) is 7.35. The van der Waals surface area contributed by atoms with Gasteiger partial charge in [-0.1, -0.05) is 64.7 Å². The topological polar surface area (TPSA) is 148 Å². The third-order valence-electron chi connectivity index (χ3n) is 9.80. The molecule has 0 aromatic carbocycles. The summed E-state index contributed by atoms with van der Waals surface area (Å²) in [7, 11) is 1.85. The van der Waals surface area contributed by atoms with Gasteiger partial charge in [0.2, 0.25) is 0 Å². The Balaban J connectivity index is 1.74. The molecule has 2 unspecified atom stereocenters. The highest BCUT2D eigenvalue weighted by Gasteiger charge is 2.45. The second kappa shape index (κ2) is 19.4. The lowest BCUT2D eigenvalue weighted by molar-refractivity contribution is -0.147. The zero-order valence-corrected chi connectivity index (χ0v) is 25.7. The summed E-state index contributed by atoms with van der Waals surface area (Å²) < 4.78 is 0. The first-order valence-corrected chi connectivity index (χ1v) is 16.6. The minimum atomic E-state index is -0.976. The van der Waals surface area contributed by atoms with E-state index in [1.54, 1.807) is 0 Å². The number of aliphatic carboxylic acids is 1. The molecule has 1 aliphatic carbocycles. The van der Waals surface area contributed by atoms with Crippen LogP contribution in [-0.2, 0) is 4.79 Å². The van der Waals surface area contributed by atoms with Crippen molar-refractivity contribution in [2.75, 3.05) is 20.1 Å². The standard InChI is InChI=1S/C32H63N3O5/c1-3-4-5-6-9-12-27(36)13-10-7-8-11-14-28(31(38)39)29(37)21-26(23-34-2)32(40)17-15-25(22-32)19-24-16-18-35-30(33)20-24/h24-30,34-37,40H,3-23,33H2,1-2H3,(H,38,39)/t24?,25-,26-,27-,28-,29+,30?,32+/m0/s1. The van der Waals surface area contributed by atoms with Crippen LogP contribution in [0.1, 0.15) is 129 Å². The summed E-state index contributed by atoms with van der Waals surface area (Å²) >= 11 is 0. The Labute approximate surface area is 244 Å². The predicted molar refractivity (Wildman–Crippen MR) is 162 cm³/mol. The SMILES string of the molecule is CCCCCCC[C@H](O)CCCCCC[C@H](C(=O)O)[C@H](O)C[C@@H](CNC)[C@@]1(O)CC[C@@H](CC2CCNC(N)C2)C1. The number of hydrogen-bond donors (Lipinski definition) is 7. The number of rotatable bonds is 22. The van der Waals surface area contributed by atoms with Crippen molar-refractivity contribution in [3.8, 4) is 0 Å². The second-order valence-electron chi connectivity index (χ2n) is 13.2. The zero-order valence-electron chi connectivity index (χ0n) is 25.7. The molecule has 2 rings (SSSR count). The smallest absolute Gasteiger partial charge is 0.309 e. The number of carboxylic acids is 1. The first kappa shape index (κ1) is 35.4. The molecule has 40 heavy (non-hydrogen) atoms. The van der Waals surface area contributed by atoms with E-state index in [9.17, 15) is 25.2 Å². The second-order valence-corrected chi connectivity index (χ2v) is 13.2. The molecule has 0 bridgehead atoms. The van der Waals surface area contributed by atoms with E-state index < -0.39 is 23.6 Å². The Morgan fingerprint density at radius 1 is 1.00 bits per heavy atom. The van der Waals surface area contributed by atoms with Crippen molar-refractivity contribution in [2.24, 2.45) is 29.4 Å². The zero-order chi connectivity index (χ0) is 29.4. The molecule has 8 nitrogen and oxygen atoms in total. The maximum Gasteiger partial charge on any atom is 0.309 e. The van der Waals surface area contributed by atoms with Gasteiger partial charge in [-0.25, -0.2) is 0 Å². The minimum absolute atomic E-state index is 0.0656. The Kier molecular flexibility index (Phi) is 17.2. The summed E-state index contributed by atoms with van der Waals surface area (Å²) in [4.78, 5) is 12.1. The Bertz CT molecular complexity index is 683.